The van der Waals surface area contributed by atoms with Crippen LogP contribution in [0.2, 0.25) is 0 Å². The fraction of sp³-hybridized carbons (Fsp3) is 0.682. The first-order chi connectivity index (χ1) is 28.5. The van der Waals surface area contributed by atoms with Gasteiger partial charge in [-0.1, -0.05) is 52.8 Å². The molecule has 2 saturated carbocycles. The van der Waals surface area contributed by atoms with Crippen LogP contribution in [-0.2, 0) is 47.5 Å². The average Bonchev–Trinajstić information content (AvgIpc) is 3.36. The first-order valence-corrected chi connectivity index (χ1v) is 20.5. The average molecular weight is 874 g/mol. The molecule has 1 amide bonds. The van der Waals surface area contributed by atoms with Crippen LogP contribution in [0.3, 0.4) is 0 Å². The van der Waals surface area contributed by atoms with Crippen LogP contribution in [0.5, 0.6) is 0 Å². The van der Waals surface area contributed by atoms with Crippen LogP contribution in [0.1, 0.15) is 99.4 Å². The van der Waals surface area contributed by atoms with Crippen LogP contribution in [0.25, 0.3) is 0 Å². The second-order valence-corrected chi connectivity index (χ2v) is 19.8. The lowest BCUT2D eigenvalue weighted by Gasteiger charge is -2.67. The number of esters is 3. The monoisotopic (exact) mass is 873 g/mol. The number of carbonyl (C=O) groups excluding carboxylic acids is 6. The number of hydrogen-bond acceptors (Lipinski definition) is 17. The van der Waals surface area contributed by atoms with Gasteiger partial charge in [-0.15, -0.1) is 0 Å². The SMILES string of the molecule is COC(=O)O[C@@]12CO[C@@H]1CC(O)[C@@]1(C)C(=O)[C@H](OC(C)=O)C3=C(C)[C@](C)(OC(=O)[C@H](O)[C@@H](N4C(=O)OC(C)(C)C4O)C(C)(C)C)C[C@@](O)([C@@H](OC(=O)c4ccccc4)C12)C3(C)C. The number of carbonyl (C=O) groups is 6. The number of aliphatic hydroxyl groups is 4. The van der Waals surface area contributed by atoms with Crippen molar-refractivity contribution in [1.82, 2.24) is 4.90 Å². The van der Waals surface area contributed by atoms with E-state index in [1.54, 1.807) is 39.0 Å². The smallest absolute Gasteiger partial charge is 0.455 e. The van der Waals surface area contributed by atoms with Gasteiger partial charge in [0.1, 0.15) is 23.4 Å². The molecular weight excluding hydrogens is 814 g/mol. The lowest BCUT2D eigenvalue weighted by Crippen LogP contribution is -2.82. The third kappa shape index (κ3) is 6.96. The largest absolute Gasteiger partial charge is 0.508 e. The van der Waals surface area contributed by atoms with Crippen LogP contribution in [0, 0.1) is 22.2 Å². The number of fused-ring (bicyclic) bond motifs is 5. The second kappa shape index (κ2) is 15.3. The van der Waals surface area contributed by atoms with E-state index >= 15 is 4.79 Å². The summed E-state index contributed by atoms with van der Waals surface area (Å²) in [4.78, 5) is 84.7. The fourth-order valence-electron chi connectivity index (χ4n) is 10.7. The molecule has 0 spiro atoms. The van der Waals surface area contributed by atoms with Crippen LogP contribution in [0.15, 0.2) is 41.5 Å². The molecule has 2 aliphatic heterocycles. The van der Waals surface area contributed by atoms with Crippen LogP contribution >= 0.6 is 0 Å². The van der Waals surface area contributed by atoms with E-state index in [2.05, 4.69) is 0 Å². The second-order valence-electron chi connectivity index (χ2n) is 19.8. The minimum Gasteiger partial charge on any atom is -0.455 e. The molecule has 3 unspecified atom stereocenters. The normalized spacial score (nSPS) is 36.9. The molecule has 1 aromatic carbocycles. The van der Waals surface area contributed by atoms with E-state index in [0.29, 0.717) is 0 Å². The summed E-state index contributed by atoms with van der Waals surface area (Å²) in [5.74, 6) is -5.81. The van der Waals surface area contributed by atoms with E-state index in [-0.39, 0.29) is 23.1 Å². The van der Waals surface area contributed by atoms with Crippen LogP contribution in [0.4, 0.5) is 9.59 Å². The Kier molecular flexibility index (Phi) is 11.6. The van der Waals surface area contributed by atoms with E-state index in [1.807, 2.05) is 0 Å². The maximum atomic E-state index is 15.6. The standard InChI is InChI=1S/C44H59NO17/c1-21-26-28(58-22(2)46)31(49)42(11)24(47)18-25-43(20-57-25,62-37(54)56-12)29(42)32(59-33(50)23-16-14-13-15-17-23)44(55,39(26,6)7)19-41(21,10)60-34(51)27(48)30(38(3,4)5)45-35(52)40(8,9)61-36(45)53/h13-17,24-25,27-30,32,35,47-48,52,55H,18-20H2,1-12H3/t24?,25-,27-,28-,29?,30-,32+,35?,41-,42-,43+,44-/m1/s1. The summed E-state index contributed by atoms with van der Waals surface area (Å²) in [6, 6.07) is 6.27. The first-order valence-electron chi connectivity index (χ1n) is 20.5. The molecule has 62 heavy (non-hydrogen) atoms. The van der Waals surface area contributed by atoms with Crippen molar-refractivity contribution in [3.63, 3.8) is 0 Å². The molecule has 2 bridgehead atoms. The Morgan fingerprint density at radius 3 is 2.06 bits per heavy atom. The van der Waals surface area contributed by atoms with Gasteiger partial charge >= 0.3 is 30.2 Å². The van der Waals surface area contributed by atoms with Crippen molar-refractivity contribution < 1.29 is 82.4 Å². The molecule has 5 aliphatic rings. The number of ketones is 1. The van der Waals surface area contributed by atoms with Crippen molar-refractivity contribution >= 4 is 35.9 Å². The van der Waals surface area contributed by atoms with Gasteiger partial charge in [0, 0.05) is 25.2 Å². The number of hydrogen-bond donors (Lipinski definition) is 4. The quantitative estimate of drug-likeness (QED) is 0.166. The Balaban J connectivity index is 1.60. The zero-order valence-electron chi connectivity index (χ0n) is 37.2. The van der Waals surface area contributed by atoms with Crippen molar-refractivity contribution in [2.45, 2.75) is 154 Å². The van der Waals surface area contributed by atoms with Crippen LogP contribution in [-0.4, -0.2) is 140 Å². The van der Waals surface area contributed by atoms with Crippen LogP contribution < -0.4 is 0 Å². The summed E-state index contributed by atoms with van der Waals surface area (Å²) >= 11 is 0. The number of aliphatic hydroxyl groups excluding tert-OH is 3. The van der Waals surface area contributed by atoms with Gasteiger partial charge in [-0.05, 0) is 63.3 Å². The molecule has 2 heterocycles. The molecule has 18 heteroatoms. The Bertz CT molecular complexity index is 2060. The zero-order valence-corrected chi connectivity index (χ0v) is 37.2. The molecule has 4 N–H and O–H groups in total. The van der Waals surface area contributed by atoms with Gasteiger partial charge in [0.05, 0.1) is 42.8 Å². The minimum atomic E-state index is -2.50. The number of amides is 1. The summed E-state index contributed by atoms with van der Waals surface area (Å²) in [6.45, 7) is 15.7. The molecular formula is C44H59NO17. The molecule has 342 valence electrons. The molecule has 2 saturated heterocycles. The number of methoxy groups -OCH3 is 1. The van der Waals surface area contributed by atoms with E-state index in [9.17, 15) is 44.4 Å². The number of nitrogens with zero attached hydrogens (tertiary/aromatic N) is 1. The molecule has 4 fully saturated rings. The minimum absolute atomic E-state index is 0.0292. The summed E-state index contributed by atoms with van der Waals surface area (Å²) in [5, 5.41) is 49.0. The Hall–Kier alpha value is -4.62. The first kappa shape index (κ1) is 46.9. The van der Waals surface area contributed by atoms with Crippen molar-refractivity contribution in [2.75, 3.05) is 13.7 Å². The Morgan fingerprint density at radius 1 is 0.952 bits per heavy atom. The number of rotatable bonds is 8. The maximum absolute atomic E-state index is 15.6. The molecule has 1 aromatic rings. The van der Waals surface area contributed by atoms with E-state index < -0.39 is 136 Å². The van der Waals surface area contributed by atoms with Gasteiger partial charge in [0.25, 0.3) is 0 Å². The lowest BCUT2D eigenvalue weighted by molar-refractivity contribution is -0.345. The third-order valence-electron chi connectivity index (χ3n) is 14.2. The van der Waals surface area contributed by atoms with Gasteiger partial charge in [-0.2, -0.15) is 0 Å². The summed E-state index contributed by atoms with van der Waals surface area (Å²) < 4.78 is 40.6. The number of ether oxygens (including phenoxy) is 7. The van der Waals surface area contributed by atoms with E-state index in [0.717, 1.165) is 18.9 Å². The zero-order chi connectivity index (χ0) is 46.5. The molecule has 3 aliphatic carbocycles. The predicted molar refractivity (Wildman–Crippen MR) is 213 cm³/mol. The molecule has 0 aromatic heterocycles. The van der Waals surface area contributed by atoms with E-state index in [1.165, 1.54) is 60.6 Å². The molecule has 12 atom stereocenters. The summed E-state index contributed by atoms with van der Waals surface area (Å²) in [6.07, 6.45) is -13.4. The van der Waals surface area contributed by atoms with Crippen molar-refractivity contribution in [3.8, 4) is 0 Å². The highest BCUT2D eigenvalue weighted by atomic mass is 16.8. The van der Waals surface area contributed by atoms with Gasteiger partial charge < -0.3 is 53.6 Å². The van der Waals surface area contributed by atoms with E-state index in [4.69, 9.17) is 33.2 Å². The lowest BCUT2D eigenvalue weighted by atomic mass is 9.44. The predicted octanol–water partition coefficient (Wildman–Crippen LogP) is 3.14. The van der Waals surface area contributed by atoms with Gasteiger partial charge in [0.2, 0.25) is 0 Å². The molecule has 0 radical (unpaired) electrons. The third-order valence-corrected chi connectivity index (χ3v) is 14.2. The molecule has 6 rings (SSSR count). The topological polar surface area (TPSA) is 251 Å². The highest BCUT2D eigenvalue weighted by molar-refractivity contribution is 5.95. The number of Topliss-reactive ketones (excluding diaryl/α,β-unsaturated/α-hetero) is 1. The van der Waals surface area contributed by atoms with Gasteiger partial charge in [-0.3, -0.25) is 14.5 Å². The maximum Gasteiger partial charge on any atom is 0.508 e. The molecule has 18 nitrogen and oxygen atoms in total. The number of benzene rings is 1. The van der Waals surface area contributed by atoms with Gasteiger partial charge in [-0.25, -0.2) is 19.2 Å². The Morgan fingerprint density at radius 2 is 1.56 bits per heavy atom. The Labute approximate surface area is 359 Å². The number of cyclic esters (lactones) is 1. The highest BCUT2D eigenvalue weighted by Gasteiger charge is 2.79. The fourth-order valence-corrected chi connectivity index (χ4v) is 10.7. The summed E-state index contributed by atoms with van der Waals surface area (Å²) in [5.41, 5.74) is -12.8. The van der Waals surface area contributed by atoms with Crippen molar-refractivity contribution in [3.05, 3.63) is 47.0 Å². The highest BCUT2D eigenvalue weighted by Crippen LogP contribution is 2.65. The van der Waals surface area contributed by atoms with Crippen molar-refractivity contribution in [1.29, 1.82) is 0 Å². The van der Waals surface area contributed by atoms with Crippen molar-refractivity contribution in [2.24, 2.45) is 22.2 Å². The van der Waals surface area contributed by atoms with Gasteiger partial charge in [0.15, 0.2) is 35.4 Å². The summed E-state index contributed by atoms with van der Waals surface area (Å²) in [7, 11) is 1.06.